The van der Waals surface area contributed by atoms with Crippen LogP contribution in [0.5, 0.6) is 0 Å². The smallest absolute Gasteiger partial charge is 0.0434 e. The number of fused-ring (bicyclic) bond motifs is 11. The molecular weight excluding hydrogens is 569 g/mol. The average molecular weight is 593 g/mol. The summed E-state index contributed by atoms with van der Waals surface area (Å²) in [5, 5.41) is 13.2. The fourth-order valence-electron chi connectivity index (χ4n) is 7.34. The highest BCUT2D eigenvalue weighted by Crippen LogP contribution is 2.47. The summed E-state index contributed by atoms with van der Waals surface area (Å²) >= 11 is 3.81. The quantitative estimate of drug-likeness (QED) is 0.175. The van der Waals surface area contributed by atoms with E-state index in [2.05, 4.69) is 146 Å². The van der Waals surface area contributed by atoms with Crippen LogP contribution >= 0.6 is 22.7 Å². The minimum atomic E-state index is 1.28. The summed E-state index contributed by atoms with van der Waals surface area (Å²) in [6.45, 7) is 0. The van der Waals surface area contributed by atoms with E-state index in [0.717, 1.165) is 0 Å². The molecule has 0 aliphatic heterocycles. The molecule has 10 rings (SSSR count). The molecule has 0 bridgehead atoms. The molecule has 44 heavy (non-hydrogen) atoms. The van der Waals surface area contributed by atoms with Crippen LogP contribution in [0.3, 0.4) is 0 Å². The first-order valence-corrected chi connectivity index (χ1v) is 16.7. The van der Waals surface area contributed by atoms with Gasteiger partial charge in [-0.15, -0.1) is 22.7 Å². The molecule has 0 saturated heterocycles. The molecule has 10 aromatic rings. The molecule has 0 nitrogen and oxygen atoms in total. The number of thiophene rings is 2. The summed E-state index contributed by atoms with van der Waals surface area (Å²) in [6.07, 6.45) is 0. The summed E-state index contributed by atoms with van der Waals surface area (Å²) in [5.41, 5.74) is 5.21. The first-order chi connectivity index (χ1) is 21.8. The van der Waals surface area contributed by atoms with E-state index < -0.39 is 0 Å². The highest BCUT2D eigenvalue weighted by molar-refractivity contribution is 7.26. The second kappa shape index (κ2) is 9.24. The second-order valence-corrected chi connectivity index (χ2v) is 13.7. The molecule has 0 amide bonds. The maximum atomic E-state index is 2.46. The van der Waals surface area contributed by atoms with E-state index >= 15 is 0 Å². The van der Waals surface area contributed by atoms with Crippen molar-refractivity contribution in [3.05, 3.63) is 146 Å². The highest BCUT2D eigenvalue weighted by Gasteiger charge is 2.18. The number of rotatable bonds is 2. The minimum absolute atomic E-state index is 1.28. The standard InChI is InChI=1S/C42H24S2/c1-3-15-30-26(11-1)36(34-19-9-17-32-28-13-5-7-21-38(28)43-41(32)34)23-25-24-37(27-12-2-4-16-31(27)40(25)30)35-20-10-18-33-29-14-6-8-22-39(29)44-42(33)35/h1-24H. The third-order valence-electron chi connectivity index (χ3n) is 9.25. The van der Waals surface area contributed by atoms with Crippen LogP contribution in [0.1, 0.15) is 0 Å². The van der Waals surface area contributed by atoms with Gasteiger partial charge in [-0.1, -0.05) is 121 Å². The van der Waals surface area contributed by atoms with Crippen LogP contribution in [-0.4, -0.2) is 0 Å². The van der Waals surface area contributed by atoms with Crippen molar-refractivity contribution >= 4 is 95.3 Å². The van der Waals surface area contributed by atoms with Crippen LogP contribution in [0.25, 0.3) is 94.9 Å². The molecule has 204 valence electrons. The fraction of sp³-hybridized carbons (Fsp3) is 0. The highest BCUT2D eigenvalue weighted by atomic mass is 32.1. The monoisotopic (exact) mass is 592 g/mol. The average Bonchev–Trinajstić information content (AvgIpc) is 3.66. The van der Waals surface area contributed by atoms with Crippen LogP contribution in [0.15, 0.2) is 146 Å². The molecule has 0 radical (unpaired) electrons. The van der Waals surface area contributed by atoms with Crippen molar-refractivity contribution < 1.29 is 0 Å². The molecule has 2 heterocycles. The molecular formula is C42H24S2. The van der Waals surface area contributed by atoms with Crippen molar-refractivity contribution in [1.29, 1.82) is 0 Å². The van der Waals surface area contributed by atoms with E-state index in [1.54, 1.807) is 0 Å². The van der Waals surface area contributed by atoms with Crippen LogP contribution in [-0.2, 0) is 0 Å². The zero-order valence-electron chi connectivity index (χ0n) is 23.7. The van der Waals surface area contributed by atoms with Gasteiger partial charge in [0.25, 0.3) is 0 Å². The van der Waals surface area contributed by atoms with E-state index in [1.165, 1.54) is 94.9 Å². The lowest BCUT2D eigenvalue weighted by Gasteiger charge is -2.17. The lowest BCUT2D eigenvalue weighted by molar-refractivity contribution is 1.72. The molecule has 2 aromatic heterocycles. The number of benzene rings is 8. The molecule has 0 atom stereocenters. The third kappa shape index (κ3) is 3.38. The molecule has 0 unspecified atom stereocenters. The van der Waals surface area contributed by atoms with E-state index in [9.17, 15) is 0 Å². The van der Waals surface area contributed by atoms with Gasteiger partial charge in [-0.2, -0.15) is 0 Å². The van der Waals surface area contributed by atoms with E-state index in [0.29, 0.717) is 0 Å². The zero-order valence-corrected chi connectivity index (χ0v) is 25.3. The summed E-state index contributed by atoms with van der Waals surface area (Å²) in [7, 11) is 0. The van der Waals surface area contributed by atoms with Crippen molar-refractivity contribution in [1.82, 2.24) is 0 Å². The maximum absolute atomic E-state index is 2.46. The van der Waals surface area contributed by atoms with E-state index in [-0.39, 0.29) is 0 Å². The van der Waals surface area contributed by atoms with Gasteiger partial charge in [0.2, 0.25) is 0 Å². The van der Waals surface area contributed by atoms with Gasteiger partial charge in [0.05, 0.1) is 0 Å². The molecule has 0 saturated carbocycles. The first-order valence-electron chi connectivity index (χ1n) is 15.0. The lowest BCUT2D eigenvalue weighted by atomic mass is 9.87. The number of hydrogen-bond donors (Lipinski definition) is 0. The Balaban J connectivity index is 1.35. The largest absolute Gasteiger partial charge is 0.135 e. The van der Waals surface area contributed by atoms with Gasteiger partial charge in [-0.05, 0) is 67.7 Å². The molecule has 0 spiro atoms. The van der Waals surface area contributed by atoms with Gasteiger partial charge in [0.1, 0.15) is 0 Å². The minimum Gasteiger partial charge on any atom is -0.135 e. The zero-order chi connectivity index (χ0) is 28.8. The maximum Gasteiger partial charge on any atom is 0.0434 e. The third-order valence-corrected chi connectivity index (χ3v) is 11.7. The Morgan fingerprint density at radius 3 is 1.16 bits per heavy atom. The summed E-state index contributed by atoms with van der Waals surface area (Å²) in [5.74, 6) is 0. The molecule has 8 aromatic carbocycles. The number of hydrogen-bond acceptors (Lipinski definition) is 2. The summed E-state index contributed by atoms with van der Waals surface area (Å²) in [6, 6.07) is 54.1. The van der Waals surface area contributed by atoms with Crippen LogP contribution in [0.4, 0.5) is 0 Å². The van der Waals surface area contributed by atoms with Gasteiger partial charge < -0.3 is 0 Å². The second-order valence-electron chi connectivity index (χ2n) is 11.6. The summed E-state index contributed by atoms with van der Waals surface area (Å²) < 4.78 is 5.39. The van der Waals surface area contributed by atoms with Gasteiger partial charge >= 0.3 is 0 Å². The molecule has 2 heteroatoms. The first kappa shape index (κ1) is 24.4. The van der Waals surface area contributed by atoms with Crippen molar-refractivity contribution in [2.24, 2.45) is 0 Å². The predicted molar refractivity (Wildman–Crippen MR) is 196 cm³/mol. The SMILES string of the molecule is c1ccc2c(c1)sc1c(-c3cc4cc(-c5cccc6c5sc5ccccc56)c5ccccc5c4c4ccccc34)cccc12. The Hall–Kier alpha value is -5.02. The Morgan fingerprint density at radius 1 is 0.295 bits per heavy atom. The Labute approximate surface area is 262 Å². The van der Waals surface area contributed by atoms with Gasteiger partial charge in [-0.3, -0.25) is 0 Å². The topological polar surface area (TPSA) is 0 Å². The van der Waals surface area contributed by atoms with Crippen molar-refractivity contribution in [3.8, 4) is 22.3 Å². The van der Waals surface area contributed by atoms with Gasteiger partial charge in [0.15, 0.2) is 0 Å². The Bertz CT molecular complexity index is 2590. The molecule has 0 aliphatic rings. The van der Waals surface area contributed by atoms with Crippen LogP contribution < -0.4 is 0 Å². The predicted octanol–water partition coefficient (Wildman–Crippen LogP) is 13.2. The fourth-order valence-corrected chi connectivity index (χ4v) is 9.81. The van der Waals surface area contributed by atoms with Crippen LogP contribution in [0, 0.1) is 0 Å². The van der Waals surface area contributed by atoms with Gasteiger partial charge in [0, 0.05) is 51.5 Å². The Kier molecular flexibility index (Phi) is 5.13. The van der Waals surface area contributed by atoms with Crippen molar-refractivity contribution in [2.75, 3.05) is 0 Å². The van der Waals surface area contributed by atoms with Gasteiger partial charge in [-0.25, -0.2) is 0 Å². The van der Waals surface area contributed by atoms with Crippen molar-refractivity contribution in [2.45, 2.75) is 0 Å². The Morgan fingerprint density at radius 2 is 0.682 bits per heavy atom. The normalized spacial score (nSPS) is 12.1. The van der Waals surface area contributed by atoms with E-state index in [4.69, 9.17) is 0 Å². The molecule has 0 aliphatic carbocycles. The van der Waals surface area contributed by atoms with E-state index in [1.807, 2.05) is 22.7 Å². The lowest BCUT2D eigenvalue weighted by Crippen LogP contribution is -1.89. The van der Waals surface area contributed by atoms with Crippen molar-refractivity contribution in [3.63, 3.8) is 0 Å². The molecule has 0 fully saturated rings. The van der Waals surface area contributed by atoms with Crippen LogP contribution in [0.2, 0.25) is 0 Å². The summed E-state index contributed by atoms with van der Waals surface area (Å²) in [4.78, 5) is 0. The molecule has 0 N–H and O–H groups in total.